The Morgan fingerprint density at radius 2 is 2.18 bits per heavy atom. The molecular formula is C8H14N2S. The minimum atomic E-state index is 0.662. The first-order valence-corrected chi connectivity index (χ1v) is 4.59. The Kier molecular flexibility index (Phi) is 2.49. The van der Waals surface area contributed by atoms with Crippen molar-refractivity contribution in [2.45, 2.75) is 27.2 Å². The molecule has 0 spiro atoms. The van der Waals surface area contributed by atoms with Crippen molar-refractivity contribution < 1.29 is 0 Å². The smallest absolute Gasteiger partial charge is 0.110 e. The second-order valence-electron chi connectivity index (χ2n) is 3.22. The maximum atomic E-state index is 5.67. The van der Waals surface area contributed by atoms with Gasteiger partial charge in [-0.1, -0.05) is 13.8 Å². The maximum Gasteiger partial charge on any atom is 0.110 e. The molecule has 11 heavy (non-hydrogen) atoms. The number of hydrogen-bond donors (Lipinski definition) is 1. The van der Waals surface area contributed by atoms with Crippen LogP contribution in [-0.2, 0) is 6.42 Å². The molecule has 1 aromatic heterocycles. The van der Waals surface area contributed by atoms with Crippen molar-refractivity contribution in [3.8, 4) is 0 Å². The molecule has 2 N–H and O–H groups in total. The molecule has 0 fully saturated rings. The van der Waals surface area contributed by atoms with Crippen molar-refractivity contribution in [2.75, 3.05) is 5.73 Å². The molecular weight excluding hydrogens is 156 g/mol. The van der Waals surface area contributed by atoms with Crippen molar-refractivity contribution in [3.63, 3.8) is 0 Å². The number of anilines is 1. The summed E-state index contributed by atoms with van der Waals surface area (Å²) in [6, 6.07) is 0. The van der Waals surface area contributed by atoms with Gasteiger partial charge in [-0.25, -0.2) is 0 Å². The van der Waals surface area contributed by atoms with Crippen LogP contribution in [0.25, 0.3) is 0 Å². The van der Waals surface area contributed by atoms with Gasteiger partial charge in [-0.15, -0.1) is 0 Å². The van der Waals surface area contributed by atoms with Crippen molar-refractivity contribution in [1.29, 1.82) is 0 Å². The predicted molar refractivity (Wildman–Crippen MR) is 49.8 cm³/mol. The van der Waals surface area contributed by atoms with E-state index in [1.807, 2.05) is 6.92 Å². The summed E-state index contributed by atoms with van der Waals surface area (Å²) in [5, 5.41) is 0.862. The Balaban J connectivity index is 2.79. The van der Waals surface area contributed by atoms with Crippen LogP contribution in [0.1, 0.15) is 25.1 Å². The second kappa shape index (κ2) is 3.22. The fourth-order valence-electron chi connectivity index (χ4n) is 0.960. The molecule has 0 bridgehead atoms. The van der Waals surface area contributed by atoms with Crippen LogP contribution in [0.15, 0.2) is 0 Å². The van der Waals surface area contributed by atoms with E-state index in [0.717, 1.165) is 11.4 Å². The monoisotopic (exact) mass is 170 g/mol. The van der Waals surface area contributed by atoms with E-state index in [1.165, 1.54) is 22.8 Å². The van der Waals surface area contributed by atoms with Crippen molar-refractivity contribution >= 4 is 16.5 Å². The van der Waals surface area contributed by atoms with Crippen LogP contribution in [0, 0.1) is 12.8 Å². The lowest BCUT2D eigenvalue weighted by Gasteiger charge is -2.01. The summed E-state index contributed by atoms with van der Waals surface area (Å²) in [5.41, 5.74) is 8.01. The number of rotatable bonds is 2. The van der Waals surface area contributed by atoms with E-state index < -0.39 is 0 Å². The van der Waals surface area contributed by atoms with E-state index in [9.17, 15) is 0 Å². The number of aromatic nitrogens is 1. The van der Waals surface area contributed by atoms with E-state index in [2.05, 4.69) is 18.2 Å². The topological polar surface area (TPSA) is 38.9 Å². The Labute approximate surface area is 71.6 Å². The molecule has 2 nitrogen and oxygen atoms in total. The number of nitrogen functional groups attached to an aromatic ring is 1. The molecule has 0 radical (unpaired) electrons. The highest BCUT2D eigenvalue weighted by Gasteiger charge is 2.07. The summed E-state index contributed by atoms with van der Waals surface area (Å²) < 4.78 is 4.27. The highest BCUT2D eigenvalue weighted by Crippen LogP contribution is 2.21. The maximum absolute atomic E-state index is 5.67. The minimum absolute atomic E-state index is 0.662. The Hall–Kier alpha value is -0.570. The Morgan fingerprint density at radius 3 is 2.55 bits per heavy atom. The number of nitrogens with zero attached hydrogens (tertiary/aromatic N) is 1. The third-order valence-electron chi connectivity index (χ3n) is 1.66. The average molecular weight is 170 g/mol. The normalized spacial score (nSPS) is 10.9. The van der Waals surface area contributed by atoms with Crippen molar-refractivity contribution in [3.05, 3.63) is 11.3 Å². The molecule has 0 aromatic carbocycles. The molecule has 1 rings (SSSR count). The lowest BCUT2D eigenvalue weighted by atomic mass is 10.1. The number of nitrogens with two attached hydrogens (primary N) is 1. The van der Waals surface area contributed by atoms with E-state index >= 15 is 0 Å². The highest BCUT2D eigenvalue weighted by molar-refractivity contribution is 7.10. The standard InChI is InChI=1S/C8H14N2S/c1-5(2)4-7-6(3)8(9)11-10-7/h5H,4,9H2,1-3H3. The van der Waals surface area contributed by atoms with Crippen molar-refractivity contribution in [1.82, 2.24) is 4.37 Å². The van der Waals surface area contributed by atoms with Crippen molar-refractivity contribution in [2.24, 2.45) is 5.92 Å². The van der Waals surface area contributed by atoms with Gasteiger partial charge < -0.3 is 5.73 Å². The molecule has 0 atom stereocenters. The molecule has 1 aromatic rings. The van der Waals surface area contributed by atoms with Gasteiger partial charge in [-0.3, -0.25) is 0 Å². The first-order valence-electron chi connectivity index (χ1n) is 3.82. The third-order valence-corrected chi connectivity index (χ3v) is 2.47. The SMILES string of the molecule is Cc1c(CC(C)C)nsc1N. The van der Waals surface area contributed by atoms with Gasteiger partial charge in [0.25, 0.3) is 0 Å². The fourth-order valence-corrected chi connectivity index (χ4v) is 1.64. The van der Waals surface area contributed by atoms with Gasteiger partial charge in [0.15, 0.2) is 0 Å². The largest absolute Gasteiger partial charge is 0.389 e. The molecule has 1 heterocycles. The first kappa shape index (κ1) is 8.53. The molecule has 0 aliphatic rings. The molecule has 3 heteroatoms. The zero-order valence-electron chi connectivity index (χ0n) is 7.22. The summed E-state index contributed by atoms with van der Waals surface area (Å²) in [4.78, 5) is 0. The van der Waals surface area contributed by atoms with Gasteiger partial charge in [-0.05, 0) is 30.8 Å². The quantitative estimate of drug-likeness (QED) is 0.739. The van der Waals surface area contributed by atoms with Gasteiger partial charge in [-0.2, -0.15) is 4.37 Å². The Morgan fingerprint density at radius 1 is 1.55 bits per heavy atom. The average Bonchev–Trinajstić information content (AvgIpc) is 2.18. The summed E-state index contributed by atoms with van der Waals surface area (Å²) in [6.45, 7) is 6.42. The van der Waals surface area contributed by atoms with Crippen LogP contribution in [0.5, 0.6) is 0 Å². The summed E-state index contributed by atoms with van der Waals surface area (Å²) in [5.74, 6) is 0.662. The second-order valence-corrected chi connectivity index (χ2v) is 4.02. The minimum Gasteiger partial charge on any atom is -0.389 e. The van der Waals surface area contributed by atoms with Crippen LogP contribution >= 0.6 is 11.5 Å². The predicted octanol–water partition coefficient (Wildman–Crippen LogP) is 2.23. The Bertz CT molecular complexity index is 240. The fraction of sp³-hybridized carbons (Fsp3) is 0.625. The van der Waals surface area contributed by atoms with E-state index in [0.29, 0.717) is 5.92 Å². The van der Waals surface area contributed by atoms with Crippen LogP contribution in [0.3, 0.4) is 0 Å². The van der Waals surface area contributed by atoms with Gasteiger partial charge >= 0.3 is 0 Å². The van der Waals surface area contributed by atoms with Crippen LogP contribution < -0.4 is 5.73 Å². The summed E-state index contributed by atoms with van der Waals surface area (Å²) in [7, 11) is 0. The van der Waals surface area contributed by atoms with Crippen LogP contribution in [0.2, 0.25) is 0 Å². The number of hydrogen-bond acceptors (Lipinski definition) is 3. The lowest BCUT2D eigenvalue weighted by Crippen LogP contribution is -1.96. The van der Waals surface area contributed by atoms with Gasteiger partial charge in [0.1, 0.15) is 5.00 Å². The van der Waals surface area contributed by atoms with E-state index in [4.69, 9.17) is 5.73 Å². The van der Waals surface area contributed by atoms with Crippen LogP contribution in [0.4, 0.5) is 5.00 Å². The lowest BCUT2D eigenvalue weighted by molar-refractivity contribution is 0.637. The highest BCUT2D eigenvalue weighted by atomic mass is 32.1. The van der Waals surface area contributed by atoms with E-state index in [-0.39, 0.29) is 0 Å². The zero-order chi connectivity index (χ0) is 8.43. The third kappa shape index (κ3) is 1.93. The molecule has 0 aliphatic heterocycles. The summed E-state index contributed by atoms with van der Waals surface area (Å²) >= 11 is 1.40. The molecule has 0 saturated heterocycles. The first-order chi connectivity index (χ1) is 5.11. The van der Waals surface area contributed by atoms with Crippen LogP contribution in [-0.4, -0.2) is 4.37 Å². The van der Waals surface area contributed by atoms with Gasteiger partial charge in [0.2, 0.25) is 0 Å². The molecule has 0 unspecified atom stereocenters. The summed E-state index contributed by atoms with van der Waals surface area (Å²) in [6.07, 6.45) is 1.04. The molecule has 62 valence electrons. The van der Waals surface area contributed by atoms with Gasteiger partial charge in [0.05, 0.1) is 5.69 Å². The zero-order valence-corrected chi connectivity index (χ0v) is 8.03. The van der Waals surface area contributed by atoms with Gasteiger partial charge in [0, 0.05) is 5.56 Å². The molecule has 0 saturated carbocycles. The van der Waals surface area contributed by atoms with E-state index in [1.54, 1.807) is 0 Å². The molecule has 0 aliphatic carbocycles. The molecule has 0 amide bonds.